The maximum Gasteiger partial charge on any atom is 0.416 e. The molecule has 27 heavy (non-hydrogen) atoms. The first kappa shape index (κ1) is 21.1. The van der Waals surface area contributed by atoms with E-state index in [4.69, 9.17) is 0 Å². The fourth-order valence-electron chi connectivity index (χ4n) is 2.44. The van der Waals surface area contributed by atoms with E-state index in [-0.39, 0.29) is 11.1 Å². The van der Waals surface area contributed by atoms with E-state index in [9.17, 15) is 35.1 Å². The van der Waals surface area contributed by atoms with Gasteiger partial charge in [-0.25, -0.2) is 8.78 Å². The highest BCUT2D eigenvalue weighted by molar-refractivity contribution is 5.36. The summed E-state index contributed by atoms with van der Waals surface area (Å²) in [6, 6.07) is 5.02. The number of nitrogens with one attached hydrogen (secondary N) is 1. The van der Waals surface area contributed by atoms with Gasteiger partial charge in [0.2, 0.25) is 0 Å². The summed E-state index contributed by atoms with van der Waals surface area (Å²) >= 11 is 0. The fourth-order valence-corrected chi connectivity index (χ4v) is 2.44. The Morgan fingerprint density at radius 1 is 0.815 bits per heavy atom. The standard InChI is InChI=1S/C18H15F8N/c1-10(17(21,22)23)9-27-16(11-2-4-14(19)5-3-11)12-6-13(18(24,25)26)8-15(20)7-12/h2-8,10,16,27H,9H2,1H3/t10-,16-/m1/s1. The van der Waals surface area contributed by atoms with Crippen LogP contribution in [-0.4, -0.2) is 12.7 Å². The van der Waals surface area contributed by atoms with Crippen molar-refractivity contribution in [1.82, 2.24) is 5.32 Å². The maximum absolute atomic E-state index is 13.7. The number of halogens is 8. The van der Waals surface area contributed by atoms with E-state index in [0.29, 0.717) is 12.1 Å². The molecule has 2 aromatic carbocycles. The minimum Gasteiger partial charge on any atom is -0.306 e. The van der Waals surface area contributed by atoms with Crippen molar-refractivity contribution in [2.75, 3.05) is 6.54 Å². The van der Waals surface area contributed by atoms with E-state index in [1.54, 1.807) is 0 Å². The second kappa shape index (κ2) is 7.84. The predicted octanol–water partition coefficient (Wildman–Crippen LogP) is 5.86. The van der Waals surface area contributed by atoms with E-state index in [2.05, 4.69) is 5.32 Å². The van der Waals surface area contributed by atoms with Crippen molar-refractivity contribution in [2.24, 2.45) is 5.92 Å². The van der Waals surface area contributed by atoms with Crippen molar-refractivity contribution in [1.29, 1.82) is 0 Å². The molecule has 0 spiro atoms. The quantitative estimate of drug-likeness (QED) is 0.623. The molecule has 0 bridgehead atoms. The summed E-state index contributed by atoms with van der Waals surface area (Å²) in [5, 5.41) is 2.51. The smallest absolute Gasteiger partial charge is 0.306 e. The third-order valence-corrected chi connectivity index (χ3v) is 3.97. The Morgan fingerprint density at radius 2 is 1.41 bits per heavy atom. The van der Waals surface area contributed by atoms with Crippen LogP contribution in [0.1, 0.15) is 29.7 Å². The molecule has 2 atom stereocenters. The molecule has 0 aliphatic heterocycles. The lowest BCUT2D eigenvalue weighted by Crippen LogP contribution is -2.34. The Bertz CT molecular complexity index is 764. The summed E-state index contributed by atoms with van der Waals surface area (Å²) < 4.78 is 104. The van der Waals surface area contributed by atoms with E-state index in [1.807, 2.05) is 0 Å². The summed E-state index contributed by atoms with van der Waals surface area (Å²) in [6.07, 6.45) is -9.34. The summed E-state index contributed by atoms with van der Waals surface area (Å²) in [4.78, 5) is 0. The maximum atomic E-state index is 13.7. The lowest BCUT2D eigenvalue weighted by molar-refractivity contribution is -0.168. The first-order valence-electron chi connectivity index (χ1n) is 7.81. The van der Waals surface area contributed by atoms with Gasteiger partial charge in [-0.3, -0.25) is 0 Å². The van der Waals surface area contributed by atoms with Crippen molar-refractivity contribution in [3.8, 4) is 0 Å². The van der Waals surface area contributed by atoms with Gasteiger partial charge in [0.15, 0.2) is 0 Å². The average molecular weight is 397 g/mol. The molecular weight excluding hydrogens is 382 g/mol. The Labute approximate surface area is 150 Å². The molecule has 0 saturated heterocycles. The molecule has 1 N–H and O–H groups in total. The molecule has 148 valence electrons. The molecule has 0 heterocycles. The summed E-state index contributed by atoms with van der Waals surface area (Å²) in [5.74, 6) is -3.61. The summed E-state index contributed by atoms with van der Waals surface area (Å²) in [7, 11) is 0. The van der Waals surface area contributed by atoms with Crippen LogP contribution in [0.3, 0.4) is 0 Å². The van der Waals surface area contributed by atoms with Crippen LogP contribution >= 0.6 is 0 Å². The Morgan fingerprint density at radius 3 is 1.93 bits per heavy atom. The minimum atomic E-state index is -4.83. The predicted molar refractivity (Wildman–Crippen MR) is 82.9 cm³/mol. The molecule has 0 amide bonds. The number of alkyl halides is 6. The van der Waals surface area contributed by atoms with Gasteiger partial charge in [0, 0.05) is 6.54 Å². The molecule has 1 nitrogen and oxygen atoms in total. The summed E-state index contributed by atoms with van der Waals surface area (Å²) in [6.45, 7) is 0.283. The van der Waals surface area contributed by atoms with Gasteiger partial charge >= 0.3 is 12.4 Å². The van der Waals surface area contributed by atoms with Crippen LogP contribution in [0.4, 0.5) is 35.1 Å². The first-order chi connectivity index (χ1) is 12.4. The third-order valence-electron chi connectivity index (χ3n) is 3.97. The second-order valence-corrected chi connectivity index (χ2v) is 6.11. The molecule has 0 fully saturated rings. The van der Waals surface area contributed by atoms with Crippen molar-refractivity contribution in [3.05, 3.63) is 70.8 Å². The van der Waals surface area contributed by atoms with Gasteiger partial charge in [-0.15, -0.1) is 0 Å². The van der Waals surface area contributed by atoms with E-state index in [1.165, 1.54) is 12.1 Å². The molecule has 0 saturated carbocycles. The van der Waals surface area contributed by atoms with Crippen LogP contribution in [0.25, 0.3) is 0 Å². The number of rotatable bonds is 5. The van der Waals surface area contributed by atoms with Crippen LogP contribution in [0.2, 0.25) is 0 Å². The Balaban J connectivity index is 2.43. The molecule has 2 aromatic rings. The molecular formula is C18H15F8N. The topological polar surface area (TPSA) is 12.0 Å². The minimum absolute atomic E-state index is 0.199. The fraction of sp³-hybridized carbons (Fsp3) is 0.333. The number of benzene rings is 2. The van der Waals surface area contributed by atoms with E-state index < -0.39 is 48.1 Å². The van der Waals surface area contributed by atoms with Gasteiger partial charge in [-0.05, 0) is 41.5 Å². The molecule has 9 heteroatoms. The van der Waals surface area contributed by atoms with Crippen LogP contribution in [-0.2, 0) is 6.18 Å². The van der Waals surface area contributed by atoms with Crippen molar-refractivity contribution >= 4 is 0 Å². The van der Waals surface area contributed by atoms with Crippen molar-refractivity contribution in [3.63, 3.8) is 0 Å². The van der Waals surface area contributed by atoms with Crippen LogP contribution in [0.5, 0.6) is 0 Å². The van der Waals surface area contributed by atoms with E-state index in [0.717, 1.165) is 25.1 Å². The highest BCUT2D eigenvalue weighted by Gasteiger charge is 2.36. The normalized spacial score (nSPS) is 14.9. The average Bonchev–Trinajstić information content (AvgIpc) is 2.54. The third kappa shape index (κ3) is 5.66. The Hall–Kier alpha value is -2.16. The van der Waals surface area contributed by atoms with Crippen LogP contribution < -0.4 is 5.32 Å². The lowest BCUT2D eigenvalue weighted by Gasteiger charge is -2.24. The molecule has 0 unspecified atom stereocenters. The van der Waals surface area contributed by atoms with Gasteiger partial charge in [0.25, 0.3) is 0 Å². The lowest BCUT2D eigenvalue weighted by atomic mass is 9.96. The van der Waals surface area contributed by atoms with Gasteiger partial charge in [-0.1, -0.05) is 19.1 Å². The van der Waals surface area contributed by atoms with Gasteiger partial charge < -0.3 is 5.32 Å². The van der Waals surface area contributed by atoms with Gasteiger partial charge in [0.1, 0.15) is 11.6 Å². The zero-order chi connectivity index (χ0) is 20.4. The monoisotopic (exact) mass is 397 g/mol. The molecule has 0 radical (unpaired) electrons. The highest BCUT2D eigenvalue weighted by Crippen LogP contribution is 2.34. The molecule has 0 aliphatic carbocycles. The van der Waals surface area contributed by atoms with Crippen molar-refractivity contribution in [2.45, 2.75) is 25.3 Å². The Kier molecular flexibility index (Phi) is 6.14. The zero-order valence-electron chi connectivity index (χ0n) is 13.9. The van der Waals surface area contributed by atoms with Crippen LogP contribution in [0, 0.1) is 17.6 Å². The van der Waals surface area contributed by atoms with E-state index >= 15 is 0 Å². The molecule has 0 aromatic heterocycles. The zero-order valence-corrected chi connectivity index (χ0v) is 13.9. The highest BCUT2D eigenvalue weighted by atomic mass is 19.4. The van der Waals surface area contributed by atoms with Gasteiger partial charge in [0.05, 0.1) is 17.5 Å². The summed E-state index contributed by atoms with van der Waals surface area (Å²) in [5.41, 5.74) is -1.29. The first-order valence-corrected chi connectivity index (χ1v) is 7.81. The SMILES string of the molecule is C[C@H](CN[C@H](c1ccc(F)cc1)c1cc(F)cc(C(F)(F)F)c1)C(F)(F)F. The largest absolute Gasteiger partial charge is 0.416 e. The second-order valence-electron chi connectivity index (χ2n) is 6.11. The molecule has 2 rings (SSSR count). The molecule has 0 aliphatic rings. The van der Waals surface area contributed by atoms with Gasteiger partial charge in [-0.2, -0.15) is 26.3 Å². The van der Waals surface area contributed by atoms with Crippen LogP contribution in [0.15, 0.2) is 42.5 Å². The number of hydrogen-bond acceptors (Lipinski definition) is 1. The number of hydrogen-bond donors (Lipinski definition) is 1. The van der Waals surface area contributed by atoms with Crippen molar-refractivity contribution < 1.29 is 35.1 Å².